The highest BCUT2D eigenvalue weighted by molar-refractivity contribution is 9.10. The largest absolute Gasteiger partial charge is 0.457 e. The van der Waals surface area contributed by atoms with Crippen molar-refractivity contribution in [2.75, 3.05) is 17.1 Å². The van der Waals surface area contributed by atoms with Crippen LogP contribution in [-0.2, 0) is 26.2 Å². The number of nitrogens with one attached hydrogen (secondary N) is 1. The average Bonchev–Trinajstić information content (AvgIpc) is 2.86. The molecule has 0 bridgehead atoms. The van der Waals surface area contributed by atoms with Gasteiger partial charge in [-0.1, -0.05) is 46.3 Å². The number of halogens is 1. The van der Waals surface area contributed by atoms with Crippen molar-refractivity contribution < 1.29 is 22.7 Å². The third kappa shape index (κ3) is 9.11. The Kier molecular flexibility index (Phi) is 9.79. The number of ether oxygens (including phenoxy) is 1. The fourth-order valence-electron chi connectivity index (χ4n) is 3.76. The quantitative estimate of drug-likeness (QED) is 0.332. The Hall–Kier alpha value is -3.37. The molecule has 0 aromatic heterocycles. The fourth-order valence-corrected chi connectivity index (χ4v) is 4.88. The lowest BCUT2D eigenvalue weighted by Crippen LogP contribution is -2.54. The van der Waals surface area contributed by atoms with E-state index in [1.165, 1.54) is 4.90 Å². The van der Waals surface area contributed by atoms with Gasteiger partial charge in [-0.15, -0.1) is 0 Å². The van der Waals surface area contributed by atoms with Gasteiger partial charge in [-0.25, -0.2) is 8.42 Å². The van der Waals surface area contributed by atoms with Gasteiger partial charge in [0.25, 0.3) is 0 Å². The molecule has 1 N–H and O–H groups in total. The van der Waals surface area contributed by atoms with Crippen LogP contribution in [0.15, 0.2) is 83.3 Å². The van der Waals surface area contributed by atoms with Crippen LogP contribution < -0.4 is 14.4 Å². The minimum absolute atomic E-state index is 0.131. The lowest BCUT2D eigenvalue weighted by molar-refractivity contribution is -0.140. The molecule has 8 nitrogen and oxygen atoms in total. The molecule has 3 aromatic rings. The minimum Gasteiger partial charge on any atom is -0.457 e. The van der Waals surface area contributed by atoms with E-state index in [-0.39, 0.29) is 12.5 Å². The standard InChI is InChI=1S/C29H34BrN3O5S/c1-21(28(35)31-29(2,3)4)32(19-22-11-13-23(30)14-12-22)27(34)20-33(39(5,36)37)24-15-17-26(18-16-24)38-25-9-7-6-8-10-25/h6-18,21H,19-20H2,1-5H3,(H,31,35)/t21-/m0/s1. The lowest BCUT2D eigenvalue weighted by atomic mass is 10.1. The van der Waals surface area contributed by atoms with E-state index < -0.39 is 34.1 Å². The number of nitrogens with zero attached hydrogens (tertiary/aromatic N) is 2. The maximum Gasteiger partial charge on any atom is 0.244 e. The molecule has 0 radical (unpaired) electrons. The van der Waals surface area contributed by atoms with E-state index in [1.54, 1.807) is 31.2 Å². The van der Waals surface area contributed by atoms with Gasteiger partial charge in [0.2, 0.25) is 21.8 Å². The van der Waals surface area contributed by atoms with Crippen LogP contribution in [0, 0.1) is 0 Å². The summed E-state index contributed by atoms with van der Waals surface area (Å²) in [5, 5.41) is 2.90. The Morgan fingerprint density at radius 3 is 2.03 bits per heavy atom. The van der Waals surface area contributed by atoms with Gasteiger partial charge < -0.3 is 15.0 Å². The van der Waals surface area contributed by atoms with Crippen LogP contribution >= 0.6 is 15.9 Å². The topological polar surface area (TPSA) is 96.0 Å². The maximum atomic E-state index is 13.7. The molecule has 3 aromatic carbocycles. The number of amides is 2. The Labute approximate surface area is 239 Å². The van der Waals surface area contributed by atoms with Gasteiger partial charge in [-0.05, 0) is 81.8 Å². The Balaban J connectivity index is 1.87. The molecule has 3 rings (SSSR count). The zero-order valence-electron chi connectivity index (χ0n) is 22.7. The van der Waals surface area contributed by atoms with Crippen molar-refractivity contribution >= 4 is 43.5 Å². The molecule has 0 unspecified atom stereocenters. The smallest absolute Gasteiger partial charge is 0.244 e. The summed E-state index contributed by atoms with van der Waals surface area (Å²) in [6, 6.07) is 22.2. The second kappa shape index (κ2) is 12.7. The number of rotatable bonds is 10. The van der Waals surface area contributed by atoms with Gasteiger partial charge in [-0.2, -0.15) is 0 Å². The number of benzene rings is 3. The molecule has 2 amide bonds. The number of sulfonamides is 1. The van der Waals surface area contributed by atoms with Gasteiger partial charge >= 0.3 is 0 Å². The first-order valence-corrected chi connectivity index (χ1v) is 15.0. The summed E-state index contributed by atoms with van der Waals surface area (Å²) < 4.78 is 33.3. The van der Waals surface area contributed by atoms with Gasteiger partial charge in [0, 0.05) is 16.6 Å². The molecular formula is C29H34BrN3O5S. The number of hydrogen-bond acceptors (Lipinski definition) is 5. The molecule has 39 heavy (non-hydrogen) atoms. The zero-order valence-corrected chi connectivity index (χ0v) is 25.1. The summed E-state index contributed by atoms with van der Waals surface area (Å²) in [4.78, 5) is 28.1. The minimum atomic E-state index is -3.83. The van der Waals surface area contributed by atoms with E-state index >= 15 is 0 Å². The normalized spacial score (nSPS) is 12.4. The van der Waals surface area contributed by atoms with Crippen molar-refractivity contribution in [1.29, 1.82) is 0 Å². The summed E-state index contributed by atoms with van der Waals surface area (Å²) in [5.74, 6) is 0.325. The Bertz CT molecular complexity index is 1370. The summed E-state index contributed by atoms with van der Waals surface area (Å²) in [6.45, 7) is 6.87. The predicted molar refractivity (Wildman–Crippen MR) is 157 cm³/mol. The molecule has 1 atom stereocenters. The molecular weight excluding hydrogens is 582 g/mol. The van der Waals surface area contributed by atoms with Crippen LogP contribution in [0.3, 0.4) is 0 Å². The fraction of sp³-hybridized carbons (Fsp3) is 0.310. The van der Waals surface area contributed by atoms with E-state index in [2.05, 4.69) is 21.2 Å². The molecule has 0 saturated heterocycles. The molecule has 0 heterocycles. The van der Waals surface area contributed by atoms with Crippen molar-refractivity contribution in [2.45, 2.75) is 45.8 Å². The average molecular weight is 617 g/mol. The third-order valence-corrected chi connectivity index (χ3v) is 7.38. The molecule has 10 heteroatoms. The summed E-state index contributed by atoms with van der Waals surface area (Å²) >= 11 is 3.40. The SMILES string of the molecule is C[C@@H](C(=O)NC(C)(C)C)N(Cc1ccc(Br)cc1)C(=O)CN(c1ccc(Oc2ccccc2)cc1)S(C)(=O)=O. The van der Waals surface area contributed by atoms with E-state index in [1.807, 2.05) is 75.4 Å². The van der Waals surface area contributed by atoms with Crippen LogP contribution in [0.2, 0.25) is 0 Å². The van der Waals surface area contributed by atoms with Crippen molar-refractivity contribution in [2.24, 2.45) is 0 Å². The first kappa shape index (κ1) is 30.2. The molecule has 208 valence electrons. The van der Waals surface area contributed by atoms with Crippen molar-refractivity contribution in [3.63, 3.8) is 0 Å². The highest BCUT2D eigenvalue weighted by Gasteiger charge is 2.31. The first-order valence-electron chi connectivity index (χ1n) is 12.4. The monoisotopic (exact) mass is 615 g/mol. The number of anilines is 1. The van der Waals surface area contributed by atoms with Crippen LogP contribution in [0.4, 0.5) is 5.69 Å². The van der Waals surface area contributed by atoms with Crippen molar-refractivity contribution in [1.82, 2.24) is 10.2 Å². The Morgan fingerprint density at radius 1 is 0.923 bits per heavy atom. The van der Waals surface area contributed by atoms with E-state index in [0.717, 1.165) is 20.6 Å². The van der Waals surface area contributed by atoms with Gasteiger partial charge in [0.05, 0.1) is 11.9 Å². The van der Waals surface area contributed by atoms with Crippen LogP contribution in [-0.4, -0.2) is 49.5 Å². The maximum absolute atomic E-state index is 13.7. The highest BCUT2D eigenvalue weighted by atomic mass is 79.9. The number of hydrogen-bond donors (Lipinski definition) is 1. The molecule has 0 aliphatic rings. The first-order chi connectivity index (χ1) is 18.2. The van der Waals surface area contributed by atoms with Crippen LogP contribution in [0.25, 0.3) is 0 Å². The summed E-state index contributed by atoms with van der Waals surface area (Å²) in [6.07, 6.45) is 1.05. The molecule has 0 fully saturated rings. The number of carbonyl (C=O) groups is 2. The second-order valence-electron chi connectivity index (χ2n) is 10.2. The second-order valence-corrected chi connectivity index (χ2v) is 13.1. The molecule has 0 saturated carbocycles. The van der Waals surface area contributed by atoms with Crippen LogP contribution in [0.5, 0.6) is 11.5 Å². The highest BCUT2D eigenvalue weighted by Crippen LogP contribution is 2.26. The summed E-state index contributed by atoms with van der Waals surface area (Å²) in [7, 11) is -3.83. The van der Waals surface area contributed by atoms with Crippen molar-refractivity contribution in [3.05, 3.63) is 88.9 Å². The summed E-state index contributed by atoms with van der Waals surface area (Å²) in [5.41, 5.74) is 0.608. The van der Waals surface area contributed by atoms with Gasteiger partial charge in [0.15, 0.2) is 0 Å². The Morgan fingerprint density at radius 2 is 1.49 bits per heavy atom. The van der Waals surface area contributed by atoms with Gasteiger partial charge in [-0.3, -0.25) is 13.9 Å². The predicted octanol–water partition coefficient (Wildman–Crippen LogP) is 5.34. The number of para-hydroxylation sites is 1. The third-order valence-electron chi connectivity index (χ3n) is 5.71. The molecule has 0 aliphatic carbocycles. The van der Waals surface area contributed by atoms with E-state index in [4.69, 9.17) is 4.74 Å². The molecule has 0 aliphatic heterocycles. The van der Waals surface area contributed by atoms with Crippen molar-refractivity contribution in [3.8, 4) is 11.5 Å². The van der Waals surface area contributed by atoms with E-state index in [0.29, 0.717) is 17.2 Å². The van der Waals surface area contributed by atoms with E-state index in [9.17, 15) is 18.0 Å². The molecule has 0 spiro atoms. The lowest BCUT2D eigenvalue weighted by Gasteiger charge is -2.33. The number of carbonyl (C=O) groups excluding carboxylic acids is 2. The van der Waals surface area contributed by atoms with Gasteiger partial charge in [0.1, 0.15) is 24.1 Å². The zero-order chi connectivity index (χ0) is 28.8. The van der Waals surface area contributed by atoms with Crippen LogP contribution in [0.1, 0.15) is 33.3 Å².